The minimum absolute atomic E-state index is 0.0254. The molecule has 0 aliphatic heterocycles. The molecular formula is C35H59N3O2. The number of rotatable bonds is 13. The predicted octanol–water partition coefficient (Wildman–Crippen LogP) is 8.75. The molecule has 4 N–H and O–H groups in total. The van der Waals surface area contributed by atoms with Gasteiger partial charge in [0.05, 0.1) is 11.8 Å². The third kappa shape index (κ3) is 15.6. The van der Waals surface area contributed by atoms with E-state index in [1.807, 2.05) is 27.7 Å². The zero-order chi connectivity index (χ0) is 30.9. The van der Waals surface area contributed by atoms with Crippen molar-refractivity contribution >= 4 is 28.8 Å². The number of likely N-dealkylation sites (N-methyl/N-ethyl adjacent to an activating group) is 1. The highest BCUT2D eigenvalue weighted by Crippen LogP contribution is 2.27. The summed E-state index contributed by atoms with van der Waals surface area (Å²) in [5.74, 6) is 0.0254. The summed E-state index contributed by atoms with van der Waals surface area (Å²) < 4.78 is 0. The Labute approximate surface area is 245 Å². The van der Waals surface area contributed by atoms with Gasteiger partial charge in [0.15, 0.2) is 5.78 Å². The van der Waals surface area contributed by atoms with E-state index >= 15 is 0 Å². The maximum Gasteiger partial charge on any atom is 0.175 e. The predicted molar refractivity (Wildman–Crippen MR) is 180 cm³/mol. The van der Waals surface area contributed by atoms with Crippen molar-refractivity contribution < 1.29 is 9.90 Å². The first kappa shape index (κ1) is 39.3. The molecule has 5 nitrogen and oxygen atoms in total. The number of ketones is 1. The van der Waals surface area contributed by atoms with Crippen molar-refractivity contribution in [3.63, 3.8) is 0 Å². The van der Waals surface area contributed by atoms with E-state index in [2.05, 4.69) is 92.4 Å². The fourth-order valence-corrected chi connectivity index (χ4v) is 4.10. The molecule has 0 radical (unpaired) electrons. The first-order chi connectivity index (χ1) is 19.2. The number of aliphatic hydroxyl groups excluding tert-OH is 1. The molecule has 0 spiro atoms. The highest BCUT2D eigenvalue weighted by atomic mass is 16.3. The molecule has 2 rings (SSSR count). The van der Waals surface area contributed by atoms with Crippen LogP contribution in [0.5, 0.6) is 0 Å². The lowest BCUT2D eigenvalue weighted by atomic mass is 10.1. The van der Waals surface area contributed by atoms with Crippen molar-refractivity contribution in [1.82, 2.24) is 15.6 Å². The third-order valence-corrected chi connectivity index (χ3v) is 6.09. The largest absolute Gasteiger partial charge is 0.392 e. The molecule has 1 aromatic carbocycles. The van der Waals surface area contributed by atoms with Gasteiger partial charge < -0.3 is 20.7 Å². The Morgan fingerprint density at radius 2 is 1.68 bits per heavy atom. The Balaban J connectivity index is 0. The van der Waals surface area contributed by atoms with Crippen LogP contribution in [0, 0.1) is 6.92 Å². The van der Waals surface area contributed by atoms with Gasteiger partial charge in [0.25, 0.3) is 0 Å². The number of allylic oxidation sites excluding steroid dienone is 5. The summed E-state index contributed by atoms with van der Waals surface area (Å²) in [5.41, 5.74) is 5.59. The zero-order valence-electron chi connectivity index (χ0n) is 27.2. The molecule has 2 aromatic rings. The van der Waals surface area contributed by atoms with E-state index in [9.17, 15) is 9.90 Å². The molecule has 0 saturated carbocycles. The first-order valence-electron chi connectivity index (χ1n) is 15.0. The highest BCUT2D eigenvalue weighted by Gasteiger charge is 2.09. The molecule has 1 heterocycles. The van der Waals surface area contributed by atoms with Gasteiger partial charge in [-0.05, 0) is 63.8 Å². The minimum atomic E-state index is -0.170. The molecule has 0 aliphatic rings. The van der Waals surface area contributed by atoms with Crippen LogP contribution < -0.4 is 10.6 Å². The Hall–Kier alpha value is -2.89. The van der Waals surface area contributed by atoms with Crippen LogP contribution in [0.25, 0.3) is 23.1 Å². The molecule has 0 saturated heterocycles. The number of Topliss-reactive ketones (excluding diaryl/α,β-unsaturated/α-hetero) is 1. The lowest BCUT2D eigenvalue weighted by Gasteiger charge is -2.19. The number of H-pyrrole nitrogens is 1. The van der Waals surface area contributed by atoms with Crippen LogP contribution in [-0.4, -0.2) is 41.6 Å². The van der Waals surface area contributed by atoms with Crippen molar-refractivity contribution in [2.24, 2.45) is 0 Å². The van der Waals surface area contributed by atoms with Gasteiger partial charge in [-0.15, -0.1) is 0 Å². The quantitative estimate of drug-likeness (QED) is 0.148. The topological polar surface area (TPSA) is 77.2 Å². The molecule has 0 bridgehead atoms. The summed E-state index contributed by atoms with van der Waals surface area (Å²) in [5, 5.41) is 16.9. The monoisotopic (exact) mass is 553 g/mol. The van der Waals surface area contributed by atoms with Crippen LogP contribution in [0.1, 0.15) is 104 Å². The van der Waals surface area contributed by atoms with Crippen molar-refractivity contribution in [3.05, 3.63) is 71.6 Å². The van der Waals surface area contributed by atoms with E-state index < -0.39 is 0 Å². The molecule has 226 valence electrons. The first-order valence-corrected chi connectivity index (χ1v) is 15.0. The van der Waals surface area contributed by atoms with Crippen LogP contribution in [0.15, 0.2) is 54.8 Å². The summed E-state index contributed by atoms with van der Waals surface area (Å²) >= 11 is 0. The molecule has 1 atom stereocenters. The SMILES string of the molecule is C/C=C\c1[nH]c2cccc(C)c2c1/C=C\C.C=C/C=C(\NC)C(C)=O.CC.CCCC(CCC)NCC(O)CC. The molecule has 1 aromatic heterocycles. The molecule has 40 heavy (non-hydrogen) atoms. The van der Waals surface area contributed by atoms with Crippen molar-refractivity contribution in [2.45, 2.75) is 107 Å². The lowest BCUT2D eigenvalue weighted by Crippen LogP contribution is -2.35. The van der Waals surface area contributed by atoms with E-state index in [1.54, 1.807) is 19.2 Å². The number of nitrogens with one attached hydrogen (secondary N) is 3. The summed E-state index contributed by atoms with van der Waals surface area (Å²) in [4.78, 5) is 14.0. The summed E-state index contributed by atoms with van der Waals surface area (Å²) in [6.45, 7) is 22.4. The number of aliphatic hydroxyl groups is 1. The minimum Gasteiger partial charge on any atom is -0.392 e. The van der Waals surface area contributed by atoms with Gasteiger partial charge in [0, 0.05) is 48.7 Å². The second-order valence-corrected chi connectivity index (χ2v) is 9.32. The van der Waals surface area contributed by atoms with E-state index in [0.717, 1.165) is 13.0 Å². The fourth-order valence-electron chi connectivity index (χ4n) is 4.10. The molecular weight excluding hydrogens is 494 g/mol. The van der Waals surface area contributed by atoms with Gasteiger partial charge in [-0.3, -0.25) is 4.79 Å². The van der Waals surface area contributed by atoms with Gasteiger partial charge >= 0.3 is 0 Å². The Morgan fingerprint density at radius 3 is 2.10 bits per heavy atom. The average Bonchev–Trinajstić information content (AvgIpc) is 3.30. The maximum absolute atomic E-state index is 10.6. The van der Waals surface area contributed by atoms with Crippen LogP contribution >= 0.6 is 0 Å². The van der Waals surface area contributed by atoms with Gasteiger partial charge in [0.1, 0.15) is 0 Å². The highest BCUT2D eigenvalue weighted by molar-refractivity contribution is 5.95. The summed E-state index contributed by atoms with van der Waals surface area (Å²) in [7, 11) is 1.71. The number of aryl methyl sites for hydroxylation is 1. The van der Waals surface area contributed by atoms with E-state index in [4.69, 9.17) is 0 Å². The molecule has 0 amide bonds. The molecule has 0 aliphatic carbocycles. The van der Waals surface area contributed by atoms with E-state index in [0.29, 0.717) is 11.7 Å². The zero-order valence-corrected chi connectivity index (χ0v) is 27.2. The number of benzene rings is 1. The normalized spacial score (nSPS) is 11.8. The van der Waals surface area contributed by atoms with Gasteiger partial charge in [-0.1, -0.05) is 90.5 Å². The van der Waals surface area contributed by atoms with Crippen molar-refractivity contribution in [3.8, 4) is 0 Å². The Morgan fingerprint density at radius 1 is 1.07 bits per heavy atom. The van der Waals surface area contributed by atoms with Crippen LogP contribution in [0.4, 0.5) is 0 Å². The van der Waals surface area contributed by atoms with E-state index in [1.165, 1.54) is 60.3 Å². The van der Waals surface area contributed by atoms with Gasteiger partial charge in [0.2, 0.25) is 0 Å². The van der Waals surface area contributed by atoms with Gasteiger partial charge in [-0.25, -0.2) is 0 Å². The Kier molecular flexibility index (Phi) is 24.6. The van der Waals surface area contributed by atoms with Crippen molar-refractivity contribution in [1.29, 1.82) is 0 Å². The standard InChI is InChI=1S/C15H17N.C11H25NO.C7H11NO.C2H6/c1-4-7-12-13(8-5-2)16-14-10-6-9-11(3)15(12)14;1-4-7-10(8-5-2)12-9-11(13)6-3;1-4-5-7(8-3)6(2)9;1-2/h4-10,16H,1-3H3;10-13H,4-9H2,1-3H3;4-5,8H,1H2,2-3H3;1-2H3/b7-4-,8-5-;;7-5-;. The number of hydrogen-bond acceptors (Lipinski definition) is 4. The smallest absolute Gasteiger partial charge is 0.175 e. The molecule has 5 heteroatoms. The summed E-state index contributed by atoms with van der Waals surface area (Å²) in [6.07, 6.45) is 17.2. The summed E-state index contributed by atoms with van der Waals surface area (Å²) in [6, 6.07) is 6.98. The van der Waals surface area contributed by atoms with Crippen LogP contribution in [0.3, 0.4) is 0 Å². The lowest BCUT2D eigenvalue weighted by molar-refractivity contribution is -0.113. The second-order valence-electron chi connectivity index (χ2n) is 9.32. The number of fused-ring (bicyclic) bond motifs is 1. The van der Waals surface area contributed by atoms with Crippen molar-refractivity contribution in [2.75, 3.05) is 13.6 Å². The number of aromatic nitrogens is 1. The average molecular weight is 554 g/mol. The molecule has 1 unspecified atom stereocenters. The second kappa shape index (κ2) is 25.1. The Bertz CT molecular complexity index is 1020. The van der Waals surface area contributed by atoms with Gasteiger partial charge in [-0.2, -0.15) is 0 Å². The number of carbonyl (C=O) groups excluding carboxylic acids is 1. The van der Waals surface area contributed by atoms with Crippen LogP contribution in [-0.2, 0) is 4.79 Å². The fraction of sp³-hybridized carbons (Fsp3) is 0.514. The van der Waals surface area contributed by atoms with E-state index in [-0.39, 0.29) is 11.9 Å². The number of hydrogen-bond donors (Lipinski definition) is 4. The molecule has 0 fully saturated rings. The third-order valence-electron chi connectivity index (χ3n) is 6.09. The maximum atomic E-state index is 10.6. The number of carbonyl (C=O) groups is 1. The van der Waals surface area contributed by atoms with Crippen LogP contribution in [0.2, 0.25) is 0 Å². The number of aromatic amines is 1.